The van der Waals surface area contributed by atoms with E-state index in [-0.39, 0.29) is 0 Å². The van der Waals surface area contributed by atoms with Crippen LogP contribution in [-0.2, 0) is 12.8 Å². The van der Waals surface area contributed by atoms with Crippen LogP contribution < -0.4 is 9.47 Å². The fourth-order valence-electron chi connectivity index (χ4n) is 2.77. The average Bonchev–Trinajstić information content (AvgIpc) is 2.46. The first kappa shape index (κ1) is 12.9. The lowest BCUT2D eigenvalue weighted by Crippen LogP contribution is -2.23. The summed E-state index contributed by atoms with van der Waals surface area (Å²) in [7, 11) is 1.66. The predicted molar refractivity (Wildman–Crippen MR) is 77.5 cm³/mol. The van der Waals surface area contributed by atoms with Gasteiger partial charge in [0.15, 0.2) is 11.5 Å². The molecule has 1 atom stereocenters. The molecule has 0 saturated heterocycles. The van der Waals surface area contributed by atoms with Crippen molar-refractivity contribution in [2.24, 2.45) is 5.92 Å². The Labute approximate surface area is 118 Å². The van der Waals surface area contributed by atoms with Crippen molar-refractivity contribution in [1.29, 1.82) is 0 Å². The Morgan fingerprint density at radius 1 is 1.25 bits per heavy atom. The lowest BCUT2D eigenvalue weighted by atomic mass is 9.91. The van der Waals surface area contributed by atoms with Crippen molar-refractivity contribution >= 4 is 0 Å². The number of benzene rings is 2. The molecular weight excluding hydrogens is 252 g/mol. The molecule has 1 aliphatic heterocycles. The van der Waals surface area contributed by atoms with Crippen LogP contribution in [-0.4, -0.2) is 18.8 Å². The number of fused-ring (bicyclic) bond motifs is 1. The Morgan fingerprint density at radius 3 is 2.90 bits per heavy atom. The highest BCUT2D eigenvalue weighted by molar-refractivity contribution is 5.47. The van der Waals surface area contributed by atoms with Crippen LogP contribution in [0.3, 0.4) is 0 Å². The Morgan fingerprint density at radius 2 is 2.10 bits per heavy atom. The fourth-order valence-corrected chi connectivity index (χ4v) is 2.77. The van der Waals surface area contributed by atoms with Crippen LogP contribution in [0.5, 0.6) is 17.2 Å². The summed E-state index contributed by atoms with van der Waals surface area (Å²) < 4.78 is 11.2. The second-order valence-electron chi connectivity index (χ2n) is 5.20. The zero-order chi connectivity index (χ0) is 13.9. The molecule has 0 bridgehead atoms. The van der Waals surface area contributed by atoms with Crippen molar-refractivity contribution in [3.8, 4) is 17.2 Å². The number of phenolic OH excluding ortho intramolecular Hbond substituents is 1. The van der Waals surface area contributed by atoms with Gasteiger partial charge in [-0.25, -0.2) is 0 Å². The summed E-state index contributed by atoms with van der Waals surface area (Å²) in [6, 6.07) is 13.5. The molecule has 3 rings (SSSR count). The molecular formula is C17H18O3. The number of phenols is 1. The molecule has 1 unspecified atom stereocenters. The Hall–Kier alpha value is -2.16. The zero-order valence-electron chi connectivity index (χ0n) is 11.5. The largest absolute Gasteiger partial charge is 0.508 e. The minimum Gasteiger partial charge on any atom is -0.508 e. The molecule has 3 heteroatoms. The number of hydrogen-bond donors (Lipinski definition) is 1. The molecule has 0 fully saturated rings. The summed E-state index contributed by atoms with van der Waals surface area (Å²) in [5.74, 6) is 2.43. The Bertz CT molecular complexity index is 607. The second-order valence-corrected chi connectivity index (χ2v) is 5.20. The van der Waals surface area contributed by atoms with Crippen molar-refractivity contribution in [3.05, 3.63) is 53.6 Å². The third-order valence-electron chi connectivity index (χ3n) is 3.69. The van der Waals surface area contributed by atoms with E-state index in [2.05, 4.69) is 6.07 Å². The van der Waals surface area contributed by atoms with Gasteiger partial charge in [0.05, 0.1) is 13.7 Å². The maximum absolute atomic E-state index is 9.52. The van der Waals surface area contributed by atoms with Crippen molar-refractivity contribution in [3.63, 3.8) is 0 Å². The van der Waals surface area contributed by atoms with Gasteiger partial charge in [0.1, 0.15) is 5.75 Å². The molecule has 1 heterocycles. The molecule has 104 valence electrons. The molecule has 1 aliphatic rings. The van der Waals surface area contributed by atoms with Crippen LogP contribution in [0, 0.1) is 5.92 Å². The smallest absolute Gasteiger partial charge is 0.164 e. The standard InChI is InChI=1S/C17H18O3/c1-19-16-7-3-5-14-9-13(11-20-17(14)16)8-12-4-2-6-15(18)10-12/h2-7,10,13,18H,8-9,11H2,1H3. The van der Waals surface area contributed by atoms with Crippen LogP contribution in [0.25, 0.3) is 0 Å². The first-order valence-electron chi connectivity index (χ1n) is 6.83. The van der Waals surface area contributed by atoms with Gasteiger partial charge in [-0.2, -0.15) is 0 Å². The number of ether oxygens (including phenoxy) is 2. The van der Waals surface area contributed by atoms with E-state index < -0.39 is 0 Å². The fraction of sp³-hybridized carbons (Fsp3) is 0.294. The van der Waals surface area contributed by atoms with Gasteiger partial charge in [-0.15, -0.1) is 0 Å². The first-order valence-corrected chi connectivity index (χ1v) is 6.83. The SMILES string of the molecule is COc1cccc2c1OCC(Cc1cccc(O)c1)C2. The molecule has 0 aromatic heterocycles. The van der Waals surface area contributed by atoms with Gasteiger partial charge in [-0.05, 0) is 42.2 Å². The maximum Gasteiger partial charge on any atom is 0.164 e. The normalized spacial score (nSPS) is 17.1. The van der Waals surface area contributed by atoms with Gasteiger partial charge in [0.25, 0.3) is 0 Å². The van der Waals surface area contributed by atoms with Gasteiger partial charge in [-0.1, -0.05) is 24.3 Å². The molecule has 20 heavy (non-hydrogen) atoms. The highest BCUT2D eigenvalue weighted by Gasteiger charge is 2.22. The van der Waals surface area contributed by atoms with E-state index in [1.165, 1.54) is 5.56 Å². The molecule has 1 N–H and O–H groups in total. The van der Waals surface area contributed by atoms with Gasteiger partial charge < -0.3 is 14.6 Å². The van der Waals surface area contributed by atoms with E-state index in [0.29, 0.717) is 18.3 Å². The van der Waals surface area contributed by atoms with Crippen LogP contribution in [0.4, 0.5) is 0 Å². The highest BCUT2D eigenvalue weighted by Crippen LogP contribution is 2.36. The zero-order valence-corrected chi connectivity index (χ0v) is 11.5. The molecule has 0 amide bonds. The van der Waals surface area contributed by atoms with E-state index in [1.807, 2.05) is 30.3 Å². The summed E-state index contributed by atoms with van der Waals surface area (Å²) in [4.78, 5) is 0. The van der Waals surface area contributed by atoms with Crippen LogP contribution >= 0.6 is 0 Å². The average molecular weight is 270 g/mol. The van der Waals surface area contributed by atoms with Gasteiger partial charge in [-0.3, -0.25) is 0 Å². The molecule has 0 radical (unpaired) electrons. The second kappa shape index (κ2) is 5.45. The van der Waals surface area contributed by atoms with E-state index >= 15 is 0 Å². The number of hydrogen-bond acceptors (Lipinski definition) is 3. The van der Waals surface area contributed by atoms with E-state index in [9.17, 15) is 5.11 Å². The van der Waals surface area contributed by atoms with Gasteiger partial charge in [0.2, 0.25) is 0 Å². The maximum atomic E-state index is 9.52. The van der Waals surface area contributed by atoms with Gasteiger partial charge >= 0.3 is 0 Å². The number of para-hydroxylation sites is 1. The Balaban J connectivity index is 1.76. The molecule has 0 spiro atoms. The third-order valence-corrected chi connectivity index (χ3v) is 3.69. The lowest BCUT2D eigenvalue weighted by molar-refractivity contribution is 0.211. The van der Waals surface area contributed by atoms with Crippen molar-refractivity contribution in [2.75, 3.05) is 13.7 Å². The summed E-state index contributed by atoms with van der Waals surface area (Å²) >= 11 is 0. The van der Waals surface area contributed by atoms with Gasteiger partial charge in [0, 0.05) is 5.92 Å². The number of rotatable bonds is 3. The minimum atomic E-state index is 0.321. The summed E-state index contributed by atoms with van der Waals surface area (Å²) in [6.45, 7) is 0.684. The monoisotopic (exact) mass is 270 g/mol. The van der Waals surface area contributed by atoms with Crippen molar-refractivity contribution in [1.82, 2.24) is 0 Å². The van der Waals surface area contributed by atoms with E-state index in [0.717, 1.165) is 29.9 Å². The summed E-state index contributed by atoms with van der Waals surface area (Å²) in [6.07, 6.45) is 1.88. The molecule has 0 aliphatic carbocycles. The Kier molecular flexibility index (Phi) is 3.50. The molecule has 3 nitrogen and oxygen atoms in total. The van der Waals surface area contributed by atoms with Crippen LogP contribution in [0.15, 0.2) is 42.5 Å². The van der Waals surface area contributed by atoms with E-state index in [1.54, 1.807) is 13.2 Å². The van der Waals surface area contributed by atoms with Crippen LogP contribution in [0.1, 0.15) is 11.1 Å². The minimum absolute atomic E-state index is 0.321. The molecule has 0 saturated carbocycles. The van der Waals surface area contributed by atoms with Crippen molar-refractivity contribution in [2.45, 2.75) is 12.8 Å². The quantitative estimate of drug-likeness (QED) is 0.931. The summed E-state index contributed by atoms with van der Waals surface area (Å²) in [5.41, 5.74) is 2.34. The number of aromatic hydroxyl groups is 1. The number of methoxy groups -OCH3 is 1. The summed E-state index contributed by atoms with van der Waals surface area (Å²) in [5, 5.41) is 9.52. The van der Waals surface area contributed by atoms with Crippen molar-refractivity contribution < 1.29 is 14.6 Å². The molecule has 2 aromatic rings. The first-order chi connectivity index (χ1) is 9.76. The van der Waals surface area contributed by atoms with Crippen LogP contribution in [0.2, 0.25) is 0 Å². The highest BCUT2D eigenvalue weighted by atomic mass is 16.5. The predicted octanol–water partition coefficient (Wildman–Crippen LogP) is 3.19. The third kappa shape index (κ3) is 2.57. The van der Waals surface area contributed by atoms with E-state index in [4.69, 9.17) is 9.47 Å². The lowest BCUT2D eigenvalue weighted by Gasteiger charge is -2.26. The molecule has 2 aromatic carbocycles. The topological polar surface area (TPSA) is 38.7 Å².